The van der Waals surface area contributed by atoms with E-state index in [1.165, 1.54) is 0 Å². The molecule has 3 heteroatoms. The quantitative estimate of drug-likeness (QED) is 0.423. The molecular weight excluding hydrogens is 132 g/mol. The number of rotatable bonds is 3. The van der Waals surface area contributed by atoms with Gasteiger partial charge in [0.2, 0.25) is 6.29 Å². The van der Waals surface area contributed by atoms with Gasteiger partial charge in [-0.05, 0) is 12.3 Å². The fraction of sp³-hybridized carbons (Fsp3) is 0.714. The van der Waals surface area contributed by atoms with E-state index in [0.29, 0.717) is 6.61 Å². The van der Waals surface area contributed by atoms with E-state index < -0.39 is 6.29 Å². The highest BCUT2D eigenvalue weighted by Gasteiger charge is 1.94. The maximum absolute atomic E-state index is 8.80. The Hall–Kier alpha value is -0.560. The molecule has 0 aromatic rings. The van der Waals surface area contributed by atoms with Gasteiger partial charge in [-0.25, -0.2) is 0 Å². The molecule has 58 valence electrons. The van der Waals surface area contributed by atoms with Crippen LogP contribution in [0.25, 0.3) is 0 Å². The Labute approximate surface area is 60.6 Å². The van der Waals surface area contributed by atoms with Crippen LogP contribution in [0.2, 0.25) is 0 Å². The predicted octanol–water partition coefficient (Wildman–Crippen LogP) is -0.273. The average Bonchev–Trinajstić information content (AvgIpc) is 1.97. The van der Waals surface area contributed by atoms with Crippen LogP contribution in [-0.4, -0.2) is 29.7 Å². The first-order chi connectivity index (χ1) is 4.81. The molecule has 3 nitrogen and oxygen atoms in total. The van der Waals surface area contributed by atoms with E-state index in [1.807, 2.05) is 6.92 Å². The Bertz CT molecular complexity index is 123. The summed E-state index contributed by atoms with van der Waals surface area (Å²) in [5.74, 6) is 4.59. The summed E-state index contributed by atoms with van der Waals surface area (Å²) in [6, 6.07) is 0. The lowest BCUT2D eigenvalue weighted by atomic mass is 10.5. The molecule has 0 aliphatic rings. The molecule has 0 heterocycles. The van der Waals surface area contributed by atoms with E-state index in [1.54, 1.807) is 0 Å². The molecule has 0 radical (unpaired) electrons. The summed E-state index contributed by atoms with van der Waals surface area (Å²) < 4.78 is 4.76. The zero-order chi connectivity index (χ0) is 7.82. The minimum absolute atomic E-state index is 0.244. The van der Waals surface area contributed by atoms with Gasteiger partial charge in [-0.1, -0.05) is 12.8 Å². The minimum Gasteiger partial charge on any atom is -0.384 e. The van der Waals surface area contributed by atoms with E-state index in [2.05, 4.69) is 11.8 Å². The van der Waals surface area contributed by atoms with E-state index in [9.17, 15) is 0 Å². The predicted molar refractivity (Wildman–Crippen MR) is 37.1 cm³/mol. The third-order valence-electron chi connectivity index (χ3n) is 0.784. The lowest BCUT2D eigenvalue weighted by Crippen LogP contribution is -2.09. The molecule has 0 saturated heterocycles. The van der Waals surface area contributed by atoms with Gasteiger partial charge in [-0.15, -0.1) is 0 Å². The van der Waals surface area contributed by atoms with E-state index in [-0.39, 0.29) is 6.61 Å². The number of hydrogen-bond acceptors (Lipinski definition) is 3. The highest BCUT2D eigenvalue weighted by atomic mass is 16.6. The molecular formula is C7H12O3. The molecule has 0 rings (SSSR count). The van der Waals surface area contributed by atoms with Gasteiger partial charge in [-0.2, -0.15) is 0 Å². The monoisotopic (exact) mass is 144 g/mol. The molecule has 1 unspecified atom stereocenters. The van der Waals surface area contributed by atoms with Crippen LogP contribution in [0.3, 0.4) is 0 Å². The van der Waals surface area contributed by atoms with Crippen LogP contribution in [0.4, 0.5) is 0 Å². The lowest BCUT2D eigenvalue weighted by molar-refractivity contribution is -0.0568. The third kappa shape index (κ3) is 5.57. The zero-order valence-electron chi connectivity index (χ0n) is 6.00. The Morgan fingerprint density at radius 3 is 2.80 bits per heavy atom. The number of hydrogen-bond donors (Lipinski definition) is 2. The average molecular weight is 144 g/mol. The Kier molecular flexibility index (Phi) is 6.19. The normalized spacial score (nSPS) is 11.9. The zero-order valence-corrected chi connectivity index (χ0v) is 6.00. The molecule has 0 aliphatic carbocycles. The van der Waals surface area contributed by atoms with Crippen molar-refractivity contribution in [1.82, 2.24) is 0 Å². The van der Waals surface area contributed by atoms with Gasteiger partial charge in [0.15, 0.2) is 0 Å². The molecule has 0 fully saturated rings. The Balaban J connectivity index is 3.33. The van der Waals surface area contributed by atoms with E-state index in [0.717, 1.165) is 6.42 Å². The highest BCUT2D eigenvalue weighted by Crippen LogP contribution is 1.85. The fourth-order valence-electron chi connectivity index (χ4n) is 0.404. The van der Waals surface area contributed by atoms with Crippen molar-refractivity contribution in [2.75, 3.05) is 13.2 Å². The fourth-order valence-corrected chi connectivity index (χ4v) is 0.404. The SMILES string of the molecule is CCCOC(O)C#CCO. The van der Waals surface area contributed by atoms with Gasteiger partial charge in [0.1, 0.15) is 6.61 Å². The van der Waals surface area contributed by atoms with E-state index >= 15 is 0 Å². The molecule has 0 spiro atoms. The molecule has 0 amide bonds. The van der Waals surface area contributed by atoms with Crippen molar-refractivity contribution in [3.63, 3.8) is 0 Å². The summed E-state index contributed by atoms with van der Waals surface area (Å²) in [6.45, 7) is 2.18. The lowest BCUT2D eigenvalue weighted by Gasteiger charge is -2.01. The topological polar surface area (TPSA) is 49.7 Å². The second-order valence-corrected chi connectivity index (χ2v) is 1.70. The minimum atomic E-state index is -1.05. The summed E-state index contributed by atoms with van der Waals surface area (Å²) in [5, 5.41) is 17.0. The standard InChI is InChI=1S/C7H12O3/c1-2-6-10-7(9)4-3-5-8/h7-9H,2,5-6H2,1H3. The van der Waals surface area contributed by atoms with Crippen molar-refractivity contribution in [2.45, 2.75) is 19.6 Å². The van der Waals surface area contributed by atoms with Gasteiger partial charge in [-0.3, -0.25) is 0 Å². The van der Waals surface area contributed by atoms with Crippen molar-refractivity contribution in [2.24, 2.45) is 0 Å². The number of aliphatic hydroxyl groups is 2. The largest absolute Gasteiger partial charge is 0.384 e. The smallest absolute Gasteiger partial charge is 0.220 e. The molecule has 1 atom stereocenters. The highest BCUT2D eigenvalue weighted by molar-refractivity contribution is 5.01. The molecule has 0 bridgehead atoms. The van der Waals surface area contributed by atoms with Crippen molar-refractivity contribution in [3.8, 4) is 11.8 Å². The van der Waals surface area contributed by atoms with Crippen LogP contribution in [-0.2, 0) is 4.74 Å². The van der Waals surface area contributed by atoms with Crippen molar-refractivity contribution in [3.05, 3.63) is 0 Å². The number of aliphatic hydroxyl groups excluding tert-OH is 2. The van der Waals surface area contributed by atoms with Crippen LogP contribution in [0.1, 0.15) is 13.3 Å². The van der Waals surface area contributed by atoms with Gasteiger partial charge >= 0.3 is 0 Å². The molecule has 10 heavy (non-hydrogen) atoms. The van der Waals surface area contributed by atoms with Gasteiger partial charge in [0.25, 0.3) is 0 Å². The maximum Gasteiger partial charge on any atom is 0.220 e. The number of ether oxygens (including phenoxy) is 1. The van der Waals surface area contributed by atoms with Gasteiger partial charge in [0.05, 0.1) is 6.61 Å². The van der Waals surface area contributed by atoms with E-state index in [4.69, 9.17) is 14.9 Å². The second kappa shape index (κ2) is 6.56. The van der Waals surface area contributed by atoms with Crippen LogP contribution in [0, 0.1) is 11.8 Å². The van der Waals surface area contributed by atoms with Gasteiger partial charge in [0, 0.05) is 0 Å². The first-order valence-corrected chi connectivity index (χ1v) is 3.20. The van der Waals surface area contributed by atoms with Crippen molar-refractivity contribution in [1.29, 1.82) is 0 Å². The maximum atomic E-state index is 8.80. The molecule has 0 aliphatic heterocycles. The summed E-state index contributed by atoms with van der Waals surface area (Å²) >= 11 is 0. The molecule has 0 aromatic heterocycles. The third-order valence-corrected chi connectivity index (χ3v) is 0.784. The van der Waals surface area contributed by atoms with Crippen LogP contribution < -0.4 is 0 Å². The summed E-state index contributed by atoms with van der Waals surface area (Å²) in [6.07, 6.45) is -0.204. The molecule has 0 saturated carbocycles. The summed E-state index contributed by atoms with van der Waals surface area (Å²) in [4.78, 5) is 0. The van der Waals surface area contributed by atoms with Crippen LogP contribution in [0.5, 0.6) is 0 Å². The molecule has 2 N–H and O–H groups in total. The summed E-state index contributed by atoms with van der Waals surface area (Å²) in [7, 11) is 0. The Morgan fingerprint density at radius 2 is 2.30 bits per heavy atom. The van der Waals surface area contributed by atoms with Crippen LogP contribution in [0.15, 0.2) is 0 Å². The molecule has 0 aromatic carbocycles. The Morgan fingerprint density at radius 1 is 1.60 bits per heavy atom. The summed E-state index contributed by atoms with van der Waals surface area (Å²) in [5.41, 5.74) is 0. The van der Waals surface area contributed by atoms with Crippen molar-refractivity contribution < 1.29 is 14.9 Å². The van der Waals surface area contributed by atoms with Crippen molar-refractivity contribution >= 4 is 0 Å². The first kappa shape index (κ1) is 9.44. The van der Waals surface area contributed by atoms with Crippen LogP contribution >= 0.6 is 0 Å². The second-order valence-electron chi connectivity index (χ2n) is 1.70. The first-order valence-electron chi connectivity index (χ1n) is 3.20. The van der Waals surface area contributed by atoms with Gasteiger partial charge < -0.3 is 14.9 Å².